The van der Waals surface area contributed by atoms with Crippen molar-refractivity contribution in [3.8, 4) is 0 Å². The zero-order valence-electron chi connectivity index (χ0n) is 12.8. The normalized spacial score (nSPS) is 12.1. The zero-order chi connectivity index (χ0) is 15.2. The summed E-state index contributed by atoms with van der Waals surface area (Å²) in [5.41, 5.74) is 7.81. The molecule has 0 amide bonds. The summed E-state index contributed by atoms with van der Waals surface area (Å²) in [7, 11) is 0. The third-order valence-corrected chi connectivity index (χ3v) is 3.29. The van der Waals surface area contributed by atoms with Gasteiger partial charge in [-0.05, 0) is 45.2 Å². The summed E-state index contributed by atoms with van der Waals surface area (Å²) >= 11 is 0. The first-order valence-electron chi connectivity index (χ1n) is 7.24. The van der Waals surface area contributed by atoms with Gasteiger partial charge in [-0.15, -0.1) is 0 Å². The molecular formula is C15H22N6. The smallest absolute Gasteiger partial charge is 0.227 e. The van der Waals surface area contributed by atoms with Crippen LogP contribution in [0.3, 0.4) is 0 Å². The Morgan fingerprint density at radius 1 is 1.14 bits per heavy atom. The van der Waals surface area contributed by atoms with E-state index in [9.17, 15) is 0 Å². The van der Waals surface area contributed by atoms with Crippen molar-refractivity contribution in [2.24, 2.45) is 0 Å². The van der Waals surface area contributed by atoms with Crippen LogP contribution in [0.2, 0.25) is 0 Å². The molecule has 0 radical (unpaired) electrons. The molecule has 1 atom stereocenters. The highest BCUT2D eigenvalue weighted by atomic mass is 15.2. The van der Waals surface area contributed by atoms with Crippen LogP contribution >= 0.6 is 0 Å². The topological polar surface area (TPSA) is 89.6 Å². The first kappa shape index (κ1) is 15.2. The molecule has 2 aromatic heterocycles. The first-order valence-corrected chi connectivity index (χ1v) is 7.24. The van der Waals surface area contributed by atoms with Crippen molar-refractivity contribution in [3.63, 3.8) is 0 Å². The van der Waals surface area contributed by atoms with Crippen LogP contribution in [-0.2, 0) is 6.42 Å². The molecule has 2 aromatic rings. The molecule has 0 spiro atoms. The van der Waals surface area contributed by atoms with E-state index in [0.29, 0.717) is 11.8 Å². The molecule has 0 aliphatic rings. The lowest BCUT2D eigenvalue weighted by Gasteiger charge is -2.17. The fraction of sp³-hybridized carbons (Fsp3) is 0.467. The van der Waals surface area contributed by atoms with Gasteiger partial charge in [0, 0.05) is 17.4 Å². The number of anilines is 2. The summed E-state index contributed by atoms with van der Waals surface area (Å²) in [5.74, 6) is 1.42. The summed E-state index contributed by atoms with van der Waals surface area (Å²) in [6.45, 7) is 5.95. The van der Waals surface area contributed by atoms with Gasteiger partial charge in [-0.2, -0.15) is 15.0 Å². The number of nitrogen functional groups attached to an aromatic ring is 1. The second-order valence-electron chi connectivity index (χ2n) is 5.12. The number of pyridine rings is 1. The van der Waals surface area contributed by atoms with Crippen molar-refractivity contribution < 1.29 is 0 Å². The standard InChI is InChI=1S/C15H22N6/c1-4-12(8-9-13-7-5-6-10(2)17-13)20-15-19-11(3)18-14(16)21-15/h5-7,12H,4,8-9H2,1-3H3,(H3,16,18,19,20,21). The molecule has 0 bridgehead atoms. The average molecular weight is 286 g/mol. The fourth-order valence-electron chi connectivity index (χ4n) is 2.19. The van der Waals surface area contributed by atoms with E-state index >= 15 is 0 Å². The number of nitrogens with one attached hydrogen (secondary N) is 1. The maximum atomic E-state index is 5.65. The zero-order valence-corrected chi connectivity index (χ0v) is 12.8. The van der Waals surface area contributed by atoms with Gasteiger partial charge >= 0.3 is 0 Å². The number of hydrogen-bond donors (Lipinski definition) is 2. The number of aromatic nitrogens is 4. The highest BCUT2D eigenvalue weighted by molar-refractivity contribution is 5.31. The van der Waals surface area contributed by atoms with E-state index in [1.807, 2.05) is 19.1 Å². The number of rotatable bonds is 6. The Bertz CT molecular complexity index is 578. The fourth-order valence-corrected chi connectivity index (χ4v) is 2.19. The molecule has 6 heteroatoms. The summed E-state index contributed by atoms with van der Waals surface area (Å²) in [6, 6.07) is 6.40. The molecule has 1 unspecified atom stereocenters. The summed E-state index contributed by atoms with van der Waals surface area (Å²) < 4.78 is 0. The lowest BCUT2D eigenvalue weighted by molar-refractivity contribution is 0.621. The Morgan fingerprint density at radius 3 is 2.62 bits per heavy atom. The van der Waals surface area contributed by atoms with Crippen LogP contribution < -0.4 is 11.1 Å². The largest absolute Gasteiger partial charge is 0.368 e. The van der Waals surface area contributed by atoms with Gasteiger partial charge in [0.15, 0.2) is 0 Å². The Labute approximate surface area is 125 Å². The summed E-state index contributed by atoms with van der Waals surface area (Å²) in [5, 5.41) is 3.33. The van der Waals surface area contributed by atoms with E-state index < -0.39 is 0 Å². The first-order chi connectivity index (χ1) is 10.1. The van der Waals surface area contributed by atoms with Crippen molar-refractivity contribution in [1.82, 2.24) is 19.9 Å². The van der Waals surface area contributed by atoms with Crippen LogP contribution in [0.4, 0.5) is 11.9 Å². The Morgan fingerprint density at radius 2 is 1.95 bits per heavy atom. The minimum atomic E-state index is 0.250. The van der Waals surface area contributed by atoms with Crippen molar-refractivity contribution >= 4 is 11.9 Å². The quantitative estimate of drug-likeness (QED) is 0.846. The Hall–Kier alpha value is -2.24. The molecule has 2 heterocycles. The van der Waals surface area contributed by atoms with E-state index in [1.165, 1.54) is 0 Å². The van der Waals surface area contributed by atoms with E-state index in [4.69, 9.17) is 5.73 Å². The van der Waals surface area contributed by atoms with Gasteiger partial charge in [-0.25, -0.2) is 0 Å². The van der Waals surface area contributed by atoms with Crippen molar-refractivity contribution in [3.05, 3.63) is 35.4 Å². The minimum Gasteiger partial charge on any atom is -0.368 e. The molecule has 0 aliphatic heterocycles. The maximum absolute atomic E-state index is 5.65. The molecule has 0 saturated carbocycles. The van der Waals surface area contributed by atoms with E-state index in [2.05, 4.69) is 38.2 Å². The van der Waals surface area contributed by atoms with Gasteiger partial charge in [0.1, 0.15) is 5.82 Å². The van der Waals surface area contributed by atoms with Crippen LogP contribution in [0.5, 0.6) is 0 Å². The molecule has 0 saturated heterocycles. The van der Waals surface area contributed by atoms with Gasteiger partial charge in [0.05, 0.1) is 0 Å². The van der Waals surface area contributed by atoms with Crippen LogP contribution in [0.15, 0.2) is 18.2 Å². The number of nitrogens with zero attached hydrogens (tertiary/aromatic N) is 4. The van der Waals surface area contributed by atoms with E-state index in [-0.39, 0.29) is 12.0 Å². The summed E-state index contributed by atoms with van der Waals surface area (Å²) in [4.78, 5) is 16.9. The second kappa shape index (κ2) is 6.97. The minimum absolute atomic E-state index is 0.250. The monoisotopic (exact) mass is 286 g/mol. The number of hydrogen-bond acceptors (Lipinski definition) is 6. The highest BCUT2D eigenvalue weighted by Crippen LogP contribution is 2.11. The van der Waals surface area contributed by atoms with Crippen LogP contribution in [0.25, 0.3) is 0 Å². The molecule has 0 aromatic carbocycles. The highest BCUT2D eigenvalue weighted by Gasteiger charge is 2.10. The predicted molar refractivity (Wildman–Crippen MR) is 84.0 cm³/mol. The summed E-state index contributed by atoms with van der Waals surface area (Å²) in [6.07, 6.45) is 2.88. The molecule has 0 aliphatic carbocycles. The predicted octanol–water partition coefficient (Wildman–Crippen LogP) is 2.29. The lowest BCUT2D eigenvalue weighted by atomic mass is 10.1. The molecule has 21 heavy (non-hydrogen) atoms. The molecule has 112 valence electrons. The molecule has 6 nitrogen and oxygen atoms in total. The van der Waals surface area contributed by atoms with Crippen molar-refractivity contribution in [1.29, 1.82) is 0 Å². The van der Waals surface area contributed by atoms with Crippen LogP contribution in [0, 0.1) is 13.8 Å². The Kier molecular flexibility index (Phi) is 5.03. The van der Waals surface area contributed by atoms with Gasteiger partial charge in [0.25, 0.3) is 0 Å². The molecule has 3 N–H and O–H groups in total. The molecule has 0 fully saturated rings. The average Bonchev–Trinajstić information content (AvgIpc) is 2.42. The van der Waals surface area contributed by atoms with Gasteiger partial charge < -0.3 is 11.1 Å². The number of aryl methyl sites for hydroxylation is 3. The van der Waals surface area contributed by atoms with E-state index in [0.717, 1.165) is 30.7 Å². The molecule has 2 rings (SSSR count). The van der Waals surface area contributed by atoms with Gasteiger partial charge in [-0.1, -0.05) is 13.0 Å². The van der Waals surface area contributed by atoms with Crippen LogP contribution in [0.1, 0.15) is 37.0 Å². The lowest BCUT2D eigenvalue weighted by Crippen LogP contribution is -2.22. The van der Waals surface area contributed by atoms with Gasteiger partial charge in [0.2, 0.25) is 11.9 Å². The SMILES string of the molecule is CCC(CCc1cccc(C)n1)Nc1nc(C)nc(N)n1. The number of nitrogens with two attached hydrogens (primary N) is 1. The maximum Gasteiger partial charge on any atom is 0.227 e. The third-order valence-electron chi connectivity index (χ3n) is 3.29. The van der Waals surface area contributed by atoms with Gasteiger partial charge in [-0.3, -0.25) is 4.98 Å². The Balaban J connectivity index is 1.96. The van der Waals surface area contributed by atoms with Crippen molar-refractivity contribution in [2.45, 2.75) is 46.1 Å². The second-order valence-corrected chi connectivity index (χ2v) is 5.12. The molecular weight excluding hydrogens is 264 g/mol. The van der Waals surface area contributed by atoms with E-state index in [1.54, 1.807) is 6.92 Å². The third kappa shape index (κ3) is 4.66. The van der Waals surface area contributed by atoms with Crippen molar-refractivity contribution in [2.75, 3.05) is 11.1 Å². The van der Waals surface area contributed by atoms with Crippen LogP contribution in [-0.4, -0.2) is 26.0 Å².